The number of aromatic nitrogens is 3. The van der Waals surface area contributed by atoms with Crippen LogP contribution in [0, 0.1) is 0 Å². The van der Waals surface area contributed by atoms with E-state index in [2.05, 4.69) is 187 Å². The molecule has 0 fully saturated rings. The summed E-state index contributed by atoms with van der Waals surface area (Å²) in [6.07, 6.45) is 0. The van der Waals surface area contributed by atoms with Gasteiger partial charge >= 0.3 is 0 Å². The van der Waals surface area contributed by atoms with Crippen LogP contribution in [0.3, 0.4) is 0 Å². The van der Waals surface area contributed by atoms with Crippen molar-refractivity contribution >= 4 is 43.2 Å². The van der Waals surface area contributed by atoms with E-state index in [0.717, 1.165) is 94.1 Å². The summed E-state index contributed by atoms with van der Waals surface area (Å²) in [5.74, 6) is 0.186. The van der Waals surface area contributed by atoms with Gasteiger partial charge in [0.05, 0.1) is 22.6 Å². The van der Waals surface area contributed by atoms with Gasteiger partial charge in [0, 0.05) is 22.1 Å². The molecule has 4 heteroatoms. The molecular formula is C59H37N3O. The molecule has 0 atom stereocenters. The fraction of sp³-hybridized carbons (Fsp3) is 0. The standard InChI is InChI=1S/C59H37N3O/c63-56-36-42-27-26-39-19-13-20-40-28-29-51(58(42)57(39)40)59(56)55-35-44(50-24-11-9-22-48(50)38-16-5-2-6-17-38)34-53(60-55)45-30-43(49-23-10-8-21-47(49)37-14-3-1-4-15-37)31-46(32-45)54-33-41-18-7-12-25-52(41)61-62-54/h1-36,63H. The van der Waals surface area contributed by atoms with Gasteiger partial charge in [-0.25, -0.2) is 4.98 Å². The number of phenolic OH excluding ortho intramolecular Hbond substituents is 1. The van der Waals surface area contributed by atoms with Gasteiger partial charge in [-0.2, -0.15) is 0 Å². The molecule has 1 N–H and O–H groups in total. The van der Waals surface area contributed by atoms with Gasteiger partial charge in [0.2, 0.25) is 0 Å². The van der Waals surface area contributed by atoms with Crippen molar-refractivity contribution in [1.29, 1.82) is 0 Å². The predicted molar refractivity (Wildman–Crippen MR) is 261 cm³/mol. The van der Waals surface area contributed by atoms with Gasteiger partial charge in [-0.05, 0) is 125 Å². The maximum absolute atomic E-state index is 12.1. The van der Waals surface area contributed by atoms with E-state index in [9.17, 15) is 5.11 Å². The van der Waals surface area contributed by atoms with Crippen LogP contribution in [0.4, 0.5) is 0 Å². The van der Waals surface area contributed by atoms with Crippen LogP contribution in [0.5, 0.6) is 5.75 Å². The van der Waals surface area contributed by atoms with Crippen molar-refractivity contribution in [1.82, 2.24) is 15.2 Å². The van der Waals surface area contributed by atoms with Gasteiger partial charge in [-0.1, -0.05) is 170 Å². The van der Waals surface area contributed by atoms with Crippen molar-refractivity contribution in [2.75, 3.05) is 0 Å². The molecule has 0 unspecified atom stereocenters. The maximum Gasteiger partial charge on any atom is 0.126 e. The third-order valence-electron chi connectivity index (χ3n) is 12.4. The lowest BCUT2D eigenvalue weighted by Crippen LogP contribution is -1.96. The summed E-state index contributed by atoms with van der Waals surface area (Å²) in [6, 6.07) is 76.1. The Labute approximate surface area is 364 Å². The molecule has 0 aliphatic carbocycles. The maximum atomic E-state index is 12.1. The minimum atomic E-state index is 0.186. The summed E-state index contributed by atoms with van der Waals surface area (Å²) in [5, 5.41) is 29.2. The number of aromatic hydroxyl groups is 1. The average molecular weight is 804 g/mol. The second-order valence-corrected chi connectivity index (χ2v) is 16.2. The number of pyridine rings is 1. The largest absolute Gasteiger partial charge is 0.507 e. The van der Waals surface area contributed by atoms with Gasteiger partial charge < -0.3 is 5.11 Å². The number of benzene rings is 10. The van der Waals surface area contributed by atoms with Crippen molar-refractivity contribution in [3.8, 4) is 84.0 Å². The average Bonchev–Trinajstić information content (AvgIpc) is 3.35. The first-order valence-electron chi connectivity index (χ1n) is 21.2. The Kier molecular flexibility index (Phi) is 8.61. The Hall–Kier alpha value is -8.47. The Bertz CT molecular complexity index is 3680. The molecule has 0 aliphatic heterocycles. The first-order valence-corrected chi connectivity index (χ1v) is 21.2. The van der Waals surface area contributed by atoms with Crippen LogP contribution >= 0.6 is 0 Å². The quantitative estimate of drug-likeness (QED) is 0.163. The van der Waals surface area contributed by atoms with Gasteiger partial charge in [-0.15, -0.1) is 10.2 Å². The smallest absolute Gasteiger partial charge is 0.126 e. The van der Waals surface area contributed by atoms with Crippen LogP contribution in [-0.2, 0) is 0 Å². The fourth-order valence-corrected chi connectivity index (χ4v) is 9.44. The highest BCUT2D eigenvalue weighted by atomic mass is 16.3. The van der Waals surface area contributed by atoms with Gasteiger partial charge in [0.25, 0.3) is 0 Å². The SMILES string of the molecule is Oc1cc2ccc3cccc4ccc(c1-c1cc(-c5ccccc5-c5ccccc5)cc(-c5cc(-c6cc7ccccc7nn6)cc(-c6ccccc6-c6ccccc6)c5)n1)c2c34. The van der Waals surface area contributed by atoms with Crippen molar-refractivity contribution < 1.29 is 5.11 Å². The van der Waals surface area contributed by atoms with E-state index in [-0.39, 0.29) is 5.75 Å². The lowest BCUT2D eigenvalue weighted by atomic mass is 9.88. The topological polar surface area (TPSA) is 58.9 Å². The van der Waals surface area contributed by atoms with Crippen LogP contribution in [0.1, 0.15) is 0 Å². The van der Waals surface area contributed by atoms with E-state index in [0.29, 0.717) is 11.3 Å². The second-order valence-electron chi connectivity index (χ2n) is 16.2. The molecule has 0 bridgehead atoms. The monoisotopic (exact) mass is 803 g/mol. The fourth-order valence-electron chi connectivity index (χ4n) is 9.44. The molecule has 0 aliphatic rings. The zero-order chi connectivity index (χ0) is 41.9. The highest BCUT2D eigenvalue weighted by molar-refractivity contribution is 6.26. The van der Waals surface area contributed by atoms with Crippen molar-refractivity contribution in [3.63, 3.8) is 0 Å². The number of fused-ring (bicyclic) bond motifs is 1. The first kappa shape index (κ1) is 36.4. The van der Waals surface area contributed by atoms with E-state index >= 15 is 0 Å². The van der Waals surface area contributed by atoms with E-state index in [1.165, 1.54) is 16.2 Å². The van der Waals surface area contributed by atoms with Crippen LogP contribution in [0.25, 0.3) is 122 Å². The molecule has 294 valence electrons. The third kappa shape index (κ3) is 6.36. The first-order chi connectivity index (χ1) is 31.1. The number of hydrogen-bond donors (Lipinski definition) is 1. The molecule has 10 aromatic carbocycles. The summed E-state index contributed by atoms with van der Waals surface area (Å²) < 4.78 is 0. The summed E-state index contributed by atoms with van der Waals surface area (Å²) in [6.45, 7) is 0. The highest BCUT2D eigenvalue weighted by Gasteiger charge is 2.21. The highest BCUT2D eigenvalue weighted by Crippen LogP contribution is 2.46. The van der Waals surface area contributed by atoms with Crippen molar-refractivity contribution in [2.45, 2.75) is 0 Å². The summed E-state index contributed by atoms with van der Waals surface area (Å²) in [4.78, 5) is 5.55. The Morgan fingerprint density at radius 2 is 0.810 bits per heavy atom. The molecule has 0 saturated heterocycles. The zero-order valence-electron chi connectivity index (χ0n) is 34.1. The summed E-state index contributed by atoms with van der Waals surface area (Å²) in [5.41, 5.74) is 14.3. The molecule has 4 nitrogen and oxygen atoms in total. The molecule has 63 heavy (non-hydrogen) atoms. The molecule has 2 aromatic heterocycles. The Morgan fingerprint density at radius 3 is 1.49 bits per heavy atom. The molecule has 0 radical (unpaired) electrons. The predicted octanol–water partition coefficient (Wildman–Crippen LogP) is 15.3. The van der Waals surface area contributed by atoms with Gasteiger partial charge in [-0.3, -0.25) is 0 Å². The lowest BCUT2D eigenvalue weighted by molar-refractivity contribution is 0.478. The summed E-state index contributed by atoms with van der Waals surface area (Å²) in [7, 11) is 0. The van der Waals surface area contributed by atoms with E-state index in [1.807, 2.05) is 36.4 Å². The molecule has 0 spiro atoms. The van der Waals surface area contributed by atoms with Crippen LogP contribution < -0.4 is 0 Å². The summed E-state index contributed by atoms with van der Waals surface area (Å²) >= 11 is 0. The van der Waals surface area contributed by atoms with Gasteiger partial charge in [0.1, 0.15) is 5.75 Å². The van der Waals surface area contributed by atoms with Gasteiger partial charge in [0.15, 0.2) is 0 Å². The number of nitrogens with zero attached hydrogens (tertiary/aromatic N) is 3. The lowest BCUT2D eigenvalue weighted by Gasteiger charge is -2.18. The molecular weight excluding hydrogens is 767 g/mol. The van der Waals surface area contributed by atoms with E-state index < -0.39 is 0 Å². The molecule has 0 saturated carbocycles. The molecule has 2 heterocycles. The number of hydrogen-bond acceptors (Lipinski definition) is 4. The zero-order valence-corrected chi connectivity index (χ0v) is 34.1. The minimum Gasteiger partial charge on any atom is -0.507 e. The number of phenols is 1. The normalized spacial score (nSPS) is 11.6. The minimum absolute atomic E-state index is 0.186. The van der Waals surface area contributed by atoms with Crippen molar-refractivity contribution in [3.05, 3.63) is 218 Å². The van der Waals surface area contributed by atoms with Crippen molar-refractivity contribution in [2.24, 2.45) is 0 Å². The Balaban J connectivity index is 1.15. The van der Waals surface area contributed by atoms with Crippen LogP contribution in [0.2, 0.25) is 0 Å². The molecule has 12 aromatic rings. The Morgan fingerprint density at radius 1 is 0.302 bits per heavy atom. The molecule has 0 amide bonds. The number of rotatable bonds is 7. The molecule has 12 rings (SSSR count). The van der Waals surface area contributed by atoms with E-state index in [1.54, 1.807) is 0 Å². The third-order valence-corrected chi connectivity index (χ3v) is 12.4. The van der Waals surface area contributed by atoms with Crippen LogP contribution in [0.15, 0.2) is 218 Å². The van der Waals surface area contributed by atoms with Crippen LogP contribution in [-0.4, -0.2) is 20.3 Å². The second kappa shape index (κ2) is 14.9. The van der Waals surface area contributed by atoms with E-state index in [4.69, 9.17) is 10.1 Å².